The van der Waals surface area contributed by atoms with E-state index in [1.54, 1.807) is 0 Å². The minimum Gasteiger partial charge on any atom is -0.371 e. The number of allylic oxidation sites excluding steroid dienone is 5. The second kappa shape index (κ2) is 11.1. The molecule has 0 saturated heterocycles. The molecular weight excluding hydrogens is 619 g/mol. The van der Waals surface area contributed by atoms with Crippen LogP contribution in [0, 0.1) is 0 Å². The summed E-state index contributed by atoms with van der Waals surface area (Å²) in [6.07, 6.45) is 15.2. The van der Waals surface area contributed by atoms with E-state index in [0.717, 1.165) is 67.0 Å². The number of aromatic amines is 1. The van der Waals surface area contributed by atoms with Crippen LogP contribution < -0.4 is 16.0 Å². The van der Waals surface area contributed by atoms with Gasteiger partial charge >= 0.3 is 0 Å². The van der Waals surface area contributed by atoms with E-state index in [1.807, 2.05) is 60.7 Å². The molecule has 7 heteroatoms. The molecule has 0 saturated carbocycles. The van der Waals surface area contributed by atoms with E-state index in [-0.39, 0.29) is 0 Å². The van der Waals surface area contributed by atoms with Crippen LogP contribution in [0.2, 0.25) is 15.1 Å². The number of aliphatic imine (C=N–C) groups is 2. The molecule has 4 aliphatic rings. The normalized spacial score (nSPS) is 20.0. The molecule has 8 rings (SSSR count). The maximum atomic E-state index is 6.39. The van der Waals surface area contributed by atoms with Gasteiger partial charge in [0.25, 0.3) is 0 Å². The lowest BCUT2D eigenvalue weighted by molar-refractivity contribution is 0.507. The van der Waals surface area contributed by atoms with Crippen molar-refractivity contribution >= 4 is 69.5 Å². The number of hydrogen-bond acceptors (Lipinski definition) is 3. The molecular formula is C38H25Cl3N4. The minimum absolute atomic E-state index is 0.647. The third-order valence-electron chi connectivity index (χ3n) is 8.37. The summed E-state index contributed by atoms with van der Waals surface area (Å²) in [4.78, 5) is 13.6. The molecule has 4 aliphatic heterocycles. The van der Waals surface area contributed by atoms with Gasteiger partial charge in [-0.2, -0.15) is 0 Å². The van der Waals surface area contributed by atoms with E-state index < -0.39 is 5.54 Å². The van der Waals surface area contributed by atoms with Crippen LogP contribution in [-0.4, -0.2) is 16.4 Å². The topological polar surface area (TPSA) is 52.5 Å². The average Bonchev–Trinajstić information content (AvgIpc) is 3.85. The van der Waals surface area contributed by atoms with Crippen LogP contribution in [0.25, 0.3) is 23.3 Å². The summed E-state index contributed by atoms with van der Waals surface area (Å²) in [5.74, 6) is 0. The lowest BCUT2D eigenvalue weighted by Gasteiger charge is -2.30. The molecule has 0 amide bonds. The number of hydrogen-bond donors (Lipinski definition) is 2. The lowest BCUT2D eigenvalue weighted by Crippen LogP contribution is -2.36. The van der Waals surface area contributed by atoms with Gasteiger partial charge in [0.2, 0.25) is 0 Å². The summed E-state index contributed by atoms with van der Waals surface area (Å²) in [7, 11) is 0. The summed E-state index contributed by atoms with van der Waals surface area (Å²) in [5, 5.41) is 7.99. The molecule has 1 atom stereocenters. The number of halogens is 3. The number of nitrogens with one attached hydrogen (secondary N) is 2. The molecule has 45 heavy (non-hydrogen) atoms. The SMILES string of the molecule is Clc1ccc(C2=C3NC(c4ccc(Cl)cc4)(C=C4C=CC(=N4)C=c4ccc([nH]4)=CC4=NC(=C3c3ccc(Cl)cc3)C=C4)C2)cc1. The molecule has 1 aromatic heterocycles. The highest BCUT2D eigenvalue weighted by molar-refractivity contribution is 6.31. The van der Waals surface area contributed by atoms with Gasteiger partial charge in [-0.3, -0.25) is 0 Å². The van der Waals surface area contributed by atoms with Gasteiger partial charge in [-0.1, -0.05) is 71.2 Å². The van der Waals surface area contributed by atoms with Gasteiger partial charge in [0.15, 0.2) is 0 Å². The third kappa shape index (κ3) is 5.36. The Kier molecular flexibility index (Phi) is 6.87. The molecule has 3 aromatic carbocycles. The van der Waals surface area contributed by atoms with E-state index in [9.17, 15) is 0 Å². The van der Waals surface area contributed by atoms with Crippen molar-refractivity contribution in [2.24, 2.45) is 9.98 Å². The van der Waals surface area contributed by atoms with Crippen molar-refractivity contribution in [3.05, 3.63) is 175 Å². The number of aromatic nitrogens is 1. The first-order valence-corrected chi connectivity index (χ1v) is 15.7. The summed E-state index contributed by atoms with van der Waals surface area (Å²) >= 11 is 19.1. The molecule has 0 aliphatic carbocycles. The Morgan fingerprint density at radius 1 is 0.600 bits per heavy atom. The predicted molar refractivity (Wildman–Crippen MR) is 188 cm³/mol. The molecule has 4 nitrogen and oxygen atoms in total. The zero-order valence-electron chi connectivity index (χ0n) is 23.9. The minimum atomic E-state index is -0.649. The van der Waals surface area contributed by atoms with Gasteiger partial charge in [-0.25, -0.2) is 9.98 Å². The van der Waals surface area contributed by atoms with Gasteiger partial charge in [-0.15, -0.1) is 0 Å². The molecule has 1 unspecified atom stereocenters. The van der Waals surface area contributed by atoms with Crippen LogP contribution in [0.1, 0.15) is 23.1 Å². The highest BCUT2D eigenvalue weighted by atomic mass is 35.5. The standard InChI is InChI=1S/C38H25Cl3N4/c39-26-7-1-23(2-8-26)34-22-38(25-5-11-28(41)12-6-25)21-33-16-15-31(43-33)19-29-13-14-30(42-29)20-32-17-18-35(44-32)36(37(34)45-38)24-3-9-27(40)10-4-24/h1-21,42,45H,22H2. The second-order valence-electron chi connectivity index (χ2n) is 11.4. The first-order valence-electron chi connectivity index (χ1n) is 14.6. The van der Waals surface area contributed by atoms with Gasteiger partial charge < -0.3 is 10.3 Å². The molecule has 218 valence electrons. The summed E-state index contributed by atoms with van der Waals surface area (Å²) in [6, 6.07) is 28.1. The van der Waals surface area contributed by atoms with Crippen molar-refractivity contribution in [1.29, 1.82) is 0 Å². The predicted octanol–water partition coefficient (Wildman–Crippen LogP) is 8.17. The Labute approximate surface area is 275 Å². The first kappa shape index (κ1) is 27.9. The smallest absolute Gasteiger partial charge is 0.0875 e. The second-order valence-corrected chi connectivity index (χ2v) is 12.7. The molecule has 2 N–H and O–H groups in total. The molecule has 5 heterocycles. The highest BCUT2D eigenvalue weighted by Crippen LogP contribution is 2.48. The quantitative estimate of drug-likeness (QED) is 0.233. The average molecular weight is 644 g/mol. The monoisotopic (exact) mass is 642 g/mol. The zero-order chi connectivity index (χ0) is 30.5. The number of benzene rings is 3. The lowest BCUT2D eigenvalue weighted by atomic mass is 9.84. The maximum Gasteiger partial charge on any atom is 0.0875 e. The Bertz CT molecular complexity index is 2210. The number of nitrogens with zero attached hydrogens (tertiary/aromatic N) is 2. The largest absolute Gasteiger partial charge is 0.371 e. The van der Waals surface area contributed by atoms with Crippen LogP contribution in [0.15, 0.2) is 142 Å². The summed E-state index contributed by atoms with van der Waals surface area (Å²) in [5.41, 5.74) is 9.01. The van der Waals surface area contributed by atoms with Crippen molar-refractivity contribution < 1.29 is 0 Å². The summed E-state index contributed by atoms with van der Waals surface area (Å²) < 4.78 is 0. The summed E-state index contributed by atoms with van der Waals surface area (Å²) in [6.45, 7) is 0. The molecule has 0 radical (unpaired) electrons. The van der Waals surface area contributed by atoms with Crippen LogP contribution >= 0.6 is 34.8 Å². The van der Waals surface area contributed by atoms with Gasteiger partial charge in [-0.05, 0) is 113 Å². The van der Waals surface area contributed by atoms with Crippen LogP contribution in [-0.2, 0) is 5.54 Å². The fourth-order valence-electron chi connectivity index (χ4n) is 6.27. The van der Waals surface area contributed by atoms with Crippen molar-refractivity contribution in [3.63, 3.8) is 0 Å². The Morgan fingerprint density at radius 3 is 1.84 bits per heavy atom. The first-order chi connectivity index (χ1) is 21.9. The van der Waals surface area contributed by atoms with E-state index in [1.165, 1.54) is 0 Å². The van der Waals surface area contributed by atoms with Crippen molar-refractivity contribution in [1.82, 2.24) is 10.3 Å². The van der Waals surface area contributed by atoms with Crippen LogP contribution in [0.3, 0.4) is 0 Å². The number of H-pyrrole nitrogens is 1. The third-order valence-corrected chi connectivity index (χ3v) is 9.13. The van der Waals surface area contributed by atoms with Crippen molar-refractivity contribution in [2.75, 3.05) is 0 Å². The van der Waals surface area contributed by atoms with E-state index in [4.69, 9.17) is 44.8 Å². The van der Waals surface area contributed by atoms with Crippen molar-refractivity contribution in [3.8, 4) is 0 Å². The van der Waals surface area contributed by atoms with Crippen LogP contribution in [0.4, 0.5) is 0 Å². The fourth-order valence-corrected chi connectivity index (χ4v) is 6.65. The van der Waals surface area contributed by atoms with E-state index in [2.05, 4.69) is 77.1 Å². The zero-order valence-corrected chi connectivity index (χ0v) is 26.1. The number of rotatable bonds is 3. The highest BCUT2D eigenvalue weighted by Gasteiger charge is 2.41. The fraction of sp³-hybridized carbons (Fsp3) is 0.0526. The van der Waals surface area contributed by atoms with Gasteiger partial charge in [0, 0.05) is 43.5 Å². The number of fused-ring (bicyclic) bond motifs is 6. The maximum absolute atomic E-state index is 6.39. The van der Waals surface area contributed by atoms with Crippen molar-refractivity contribution in [2.45, 2.75) is 12.0 Å². The van der Waals surface area contributed by atoms with Gasteiger partial charge in [0.1, 0.15) is 0 Å². The Morgan fingerprint density at radius 2 is 1.18 bits per heavy atom. The van der Waals surface area contributed by atoms with Crippen LogP contribution in [0.5, 0.6) is 0 Å². The molecule has 8 bridgehead atoms. The van der Waals surface area contributed by atoms with E-state index >= 15 is 0 Å². The molecule has 0 fully saturated rings. The molecule has 0 spiro atoms. The Balaban J connectivity index is 1.45. The Hall–Kier alpha value is -4.61. The molecule has 4 aromatic rings. The van der Waals surface area contributed by atoms with Gasteiger partial charge in [0.05, 0.1) is 28.4 Å². The van der Waals surface area contributed by atoms with E-state index in [0.29, 0.717) is 21.5 Å².